The summed E-state index contributed by atoms with van der Waals surface area (Å²) < 4.78 is 6.13. The summed E-state index contributed by atoms with van der Waals surface area (Å²) in [6, 6.07) is 5.73. The lowest BCUT2D eigenvalue weighted by Crippen LogP contribution is -2.12. The maximum Gasteiger partial charge on any atom is 0.224 e. The van der Waals surface area contributed by atoms with Gasteiger partial charge >= 0.3 is 0 Å². The highest BCUT2D eigenvalue weighted by Crippen LogP contribution is 2.20. The molecule has 1 aromatic carbocycles. The molecule has 0 radical (unpaired) electrons. The third kappa shape index (κ3) is 3.92. The molecule has 100 valence electrons. The first kappa shape index (κ1) is 13.8. The van der Waals surface area contributed by atoms with Gasteiger partial charge in [0.15, 0.2) is 5.89 Å². The summed E-state index contributed by atoms with van der Waals surface area (Å²) in [5, 5.41) is 2.87. The van der Waals surface area contributed by atoms with Crippen LogP contribution in [0.4, 0.5) is 5.69 Å². The lowest BCUT2D eigenvalue weighted by Gasteiger charge is -2.06. The van der Waals surface area contributed by atoms with Crippen molar-refractivity contribution in [2.45, 2.75) is 26.7 Å². The molecule has 0 spiro atoms. The van der Waals surface area contributed by atoms with Crippen molar-refractivity contribution < 1.29 is 9.21 Å². The van der Waals surface area contributed by atoms with Gasteiger partial charge in [-0.1, -0.05) is 15.9 Å². The van der Waals surface area contributed by atoms with Crippen molar-refractivity contribution in [1.29, 1.82) is 0 Å². The van der Waals surface area contributed by atoms with Gasteiger partial charge in [0, 0.05) is 29.9 Å². The summed E-state index contributed by atoms with van der Waals surface area (Å²) in [6.07, 6.45) is 2.56. The first-order chi connectivity index (χ1) is 9.04. The van der Waals surface area contributed by atoms with E-state index in [0.717, 1.165) is 21.4 Å². The number of aryl methyl sites for hydroxylation is 3. The van der Waals surface area contributed by atoms with Crippen LogP contribution in [0.15, 0.2) is 33.4 Å². The van der Waals surface area contributed by atoms with Gasteiger partial charge in [-0.3, -0.25) is 4.79 Å². The van der Waals surface area contributed by atoms with E-state index in [1.807, 2.05) is 25.1 Å². The van der Waals surface area contributed by atoms with E-state index in [0.29, 0.717) is 18.7 Å². The summed E-state index contributed by atoms with van der Waals surface area (Å²) >= 11 is 3.43. The van der Waals surface area contributed by atoms with E-state index in [-0.39, 0.29) is 5.91 Å². The predicted octanol–water partition coefficient (Wildman–Crippen LogP) is 3.63. The molecule has 1 heterocycles. The second-order valence-corrected chi connectivity index (χ2v) is 5.22. The Morgan fingerprint density at radius 2 is 2.21 bits per heavy atom. The van der Waals surface area contributed by atoms with Gasteiger partial charge in [-0.15, -0.1) is 0 Å². The number of amides is 1. The minimum absolute atomic E-state index is 0.0256. The fraction of sp³-hybridized carbons (Fsp3) is 0.286. The molecule has 0 saturated carbocycles. The summed E-state index contributed by atoms with van der Waals surface area (Å²) in [5.74, 6) is 0.598. The monoisotopic (exact) mass is 322 g/mol. The molecule has 0 fully saturated rings. The molecule has 0 aliphatic carbocycles. The molecular weight excluding hydrogens is 308 g/mol. The van der Waals surface area contributed by atoms with E-state index in [4.69, 9.17) is 4.42 Å². The lowest BCUT2D eigenvalue weighted by molar-refractivity contribution is -0.116. The number of benzene rings is 1. The number of halogens is 1. The second kappa shape index (κ2) is 6.02. The molecule has 0 saturated heterocycles. The van der Waals surface area contributed by atoms with Gasteiger partial charge in [0.1, 0.15) is 6.26 Å². The number of anilines is 1. The van der Waals surface area contributed by atoms with Crippen molar-refractivity contribution in [1.82, 2.24) is 4.98 Å². The SMILES string of the molecule is Cc1nc(CCC(=O)Nc2ccc(Br)c(C)c2)co1. The van der Waals surface area contributed by atoms with Crippen LogP contribution in [0.5, 0.6) is 0 Å². The van der Waals surface area contributed by atoms with Gasteiger partial charge in [-0.25, -0.2) is 4.98 Å². The van der Waals surface area contributed by atoms with Gasteiger partial charge in [0.25, 0.3) is 0 Å². The number of carbonyl (C=O) groups is 1. The molecule has 0 bridgehead atoms. The highest BCUT2D eigenvalue weighted by Gasteiger charge is 2.06. The quantitative estimate of drug-likeness (QED) is 0.935. The van der Waals surface area contributed by atoms with Gasteiger partial charge in [-0.05, 0) is 30.7 Å². The van der Waals surface area contributed by atoms with Crippen LogP contribution in [0.25, 0.3) is 0 Å². The first-order valence-corrected chi connectivity index (χ1v) is 6.81. The average Bonchev–Trinajstić information content (AvgIpc) is 2.77. The molecule has 1 N–H and O–H groups in total. The molecule has 2 aromatic rings. The van der Waals surface area contributed by atoms with E-state index >= 15 is 0 Å². The summed E-state index contributed by atoms with van der Waals surface area (Å²) in [5.41, 5.74) is 2.70. The number of hydrogen-bond acceptors (Lipinski definition) is 3. The first-order valence-electron chi connectivity index (χ1n) is 6.01. The third-order valence-electron chi connectivity index (χ3n) is 2.72. The molecule has 0 unspecified atom stereocenters. The lowest BCUT2D eigenvalue weighted by atomic mass is 10.2. The van der Waals surface area contributed by atoms with Crippen LogP contribution in [-0.2, 0) is 11.2 Å². The van der Waals surface area contributed by atoms with Crippen LogP contribution in [0.3, 0.4) is 0 Å². The number of nitrogens with one attached hydrogen (secondary N) is 1. The third-order valence-corrected chi connectivity index (χ3v) is 3.61. The van der Waals surface area contributed by atoms with Gasteiger partial charge < -0.3 is 9.73 Å². The maximum atomic E-state index is 11.8. The van der Waals surface area contributed by atoms with E-state index in [9.17, 15) is 4.79 Å². The van der Waals surface area contributed by atoms with Crippen LogP contribution in [0, 0.1) is 13.8 Å². The number of rotatable bonds is 4. The van der Waals surface area contributed by atoms with Crippen molar-refractivity contribution >= 4 is 27.5 Å². The number of oxazole rings is 1. The molecule has 0 atom stereocenters. The van der Waals surface area contributed by atoms with Crippen molar-refractivity contribution in [2.24, 2.45) is 0 Å². The zero-order valence-corrected chi connectivity index (χ0v) is 12.5. The van der Waals surface area contributed by atoms with Crippen molar-refractivity contribution in [3.63, 3.8) is 0 Å². The highest BCUT2D eigenvalue weighted by atomic mass is 79.9. The fourth-order valence-corrected chi connectivity index (χ4v) is 1.96. The van der Waals surface area contributed by atoms with E-state index in [1.165, 1.54) is 0 Å². The van der Waals surface area contributed by atoms with Crippen LogP contribution < -0.4 is 5.32 Å². The van der Waals surface area contributed by atoms with E-state index in [1.54, 1.807) is 13.2 Å². The zero-order valence-electron chi connectivity index (χ0n) is 10.9. The summed E-state index contributed by atoms with van der Waals surface area (Å²) in [7, 11) is 0. The van der Waals surface area contributed by atoms with Crippen LogP contribution in [0.1, 0.15) is 23.6 Å². The minimum atomic E-state index is -0.0256. The minimum Gasteiger partial charge on any atom is -0.449 e. The Balaban J connectivity index is 1.88. The Morgan fingerprint density at radius 3 is 2.84 bits per heavy atom. The molecule has 4 nitrogen and oxygen atoms in total. The largest absolute Gasteiger partial charge is 0.449 e. The van der Waals surface area contributed by atoms with Crippen molar-refractivity contribution in [2.75, 3.05) is 5.32 Å². The Bertz CT molecular complexity index is 593. The fourth-order valence-electron chi connectivity index (χ4n) is 1.71. The topological polar surface area (TPSA) is 55.1 Å². The van der Waals surface area contributed by atoms with E-state index in [2.05, 4.69) is 26.2 Å². The van der Waals surface area contributed by atoms with Crippen LogP contribution >= 0.6 is 15.9 Å². The Hall–Kier alpha value is -1.62. The second-order valence-electron chi connectivity index (χ2n) is 4.37. The highest BCUT2D eigenvalue weighted by molar-refractivity contribution is 9.10. The number of nitrogens with zero attached hydrogens (tertiary/aromatic N) is 1. The number of aromatic nitrogens is 1. The molecule has 0 aliphatic heterocycles. The number of hydrogen-bond donors (Lipinski definition) is 1. The number of carbonyl (C=O) groups excluding carboxylic acids is 1. The molecule has 1 amide bonds. The average molecular weight is 323 g/mol. The molecule has 0 aliphatic rings. The maximum absolute atomic E-state index is 11.8. The van der Waals surface area contributed by atoms with Gasteiger partial charge in [0.05, 0.1) is 5.69 Å². The Morgan fingerprint density at radius 1 is 1.42 bits per heavy atom. The van der Waals surface area contributed by atoms with E-state index < -0.39 is 0 Å². The van der Waals surface area contributed by atoms with Gasteiger partial charge in [0.2, 0.25) is 5.91 Å². The normalized spacial score (nSPS) is 10.5. The molecule has 1 aromatic heterocycles. The standard InChI is InChI=1S/C14H15BrN2O2/c1-9-7-11(3-5-13(9)15)17-14(18)6-4-12-8-19-10(2)16-12/h3,5,7-8H,4,6H2,1-2H3,(H,17,18). The smallest absolute Gasteiger partial charge is 0.224 e. The molecule has 5 heteroatoms. The Labute approximate surface area is 120 Å². The van der Waals surface area contributed by atoms with Gasteiger partial charge in [-0.2, -0.15) is 0 Å². The summed E-state index contributed by atoms with van der Waals surface area (Å²) in [6.45, 7) is 3.77. The zero-order chi connectivity index (χ0) is 13.8. The Kier molecular flexibility index (Phi) is 4.37. The molecule has 2 rings (SSSR count). The molecular formula is C14H15BrN2O2. The van der Waals surface area contributed by atoms with Crippen LogP contribution in [0.2, 0.25) is 0 Å². The van der Waals surface area contributed by atoms with Crippen molar-refractivity contribution in [3.8, 4) is 0 Å². The molecule has 19 heavy (non-hydrogen) atoms. The van der Waals surface area contributed by atoms with Crippen molar-refractivity contribution in [3.05, 3.63) is 46.1 Å². The summed E-state index contributed by atoms with van der Waals surface area (Å²) in [4.78, 5) is 16.0. The van der Waals surface area contributed by atoms with Crippen LogP contribution in [-0.4, -0.2) is 10.9 Å². The predicted molar refractivity (Wildman–Crippen MR) is 77.1 cm³/mol.